The van der Waals surface area contributed by atoms with E-state index in [-0.39, 0.29) is 12.3 Å². The smallest absolute Gasteiger partial charge is 0.224 e. The standard InChI is InChI=1S/C20H21N3O3/c1-13-7-4-5-9-18(13)25-20-16(8-6-10-21-20)12-22-19(24)11-17-14(2)23-26-15(17)3/h4-10H,11-12H2,1-3H3,(H,22,24). The molecular weight excluding hydrogens is 330 g/mol. The predicted molar refractivity (Wildman–Crippen MR) is 97.0 cm³/mol. The highest BCUT2D eigenvalue weighted by atomic mass is 16.5. The van der Waals surface area contributed by atoms with Gasteiger partial charge in [0.2, 0.25) is 11.8 Å². The van der Waals surface area contributed by atoms with Crippen LogP contribution >= 0.6 is 0 Å². The highest BCUT2D eigenvalue weighted by molar-refractivity contribution is 5.79. The maximum atomic E-state index is 12.3. The van der Waals surface area contributed by atoms with Gasteiger partial charge in [-0.25, -0.2) is 4.98 Å². The van der Waals surface area contributed by atoms with Crippen LogP contribution in [0.5, 0.6) is 11.6 Å². The van der Waals surface area contributed by atoms with Crippen LogP contribution in [-0.4, -0.2) is 16.0 Å². The van der Waals surface area contributed by atoms with Crippen LogP contribution in [0.2, 0.25) is 0 Å². The van der Waals surface area contributed by atoms with E-state index in [0.29, 0.717) is 18.2 Å². The van der Waals surface area contributed by atoms with E-state index in [9.17, 15) is 4.79 Å². The van der Waals surface area contributed by atoms with Gasteiger partial charge in [-0.2, -0.15) is 0 Å². The SMILES string of the molecule is Cc1ccccc1Oc1ncccc1CNC(=O)Cc1c(C)noc1C. The summed E-state index contributed by atoms with van der Waals surface area (Å²) in [5.41, 5.74) is 3.39. The molecule has 0 saturated heterocycles. The number of aryl methyl sites for hydroxylation is 3. The third kappa shape index (κ3) is 4.08. The van der Waals surface area contributed by atoms with E-state index in [4.69, 9.17) is 9.26 Å². The molecule has 2 aromatic heterocycles. The molecule has 1 aromatic carbocycles. The van der Waals surface area contributed by atoms with Crippen molar-refractivity contribution in [1.82, 2.24) is 15.5 Å². The Hall–Kier alpha value is -3.15. The molecule has 0 aliphatic rings. The van der Waals surface area contributed by atoms with Crippen LogP contribution in [0.3, 0.4) is 0 Å². The molecule has 0 aliphatic heterocycles. The first-order valence-corrected chi connectivity index (χ1v) is 8.40. The van der Waals surface area contributed by atoms with Gasteiger partial charge in [0.15, 0.2) is 0 Å². The molecule has 0 unspecified atom stereocenters. The van der Waals surface area contributed by atoms with E-state index in [1.54, 1.807) is 13.1 Å². The number of nitrogens with zero attached hydrogens (tertiary/aromatic N) is 2. The Kier molecular flexibility index (Phi) is 5.31. The van der Waals surface area contributed by atoms with Crippen LogP contribution in [-0.2, 0) is 17.8 Å². The zero-order chi connectivity index (χ0) is 18.5. The fraction of sp³-hybridized carbons (Fsp3) is 0.250. The lowest BCUT2D eigenvalue weighted by molar-refractivity contribution is -0.120. The Morgan fingerprint density at radius 3 is 2.69 bits per heavy atom. The van der Waals surface area contributed by atoms with E-state index in [0.717, 1.165) is 28.1 Å². The summed E-state index contributed by atoms with van der Waals surface area (Å²) in [7, 11) is 0. The molecule has 0 bridgehead atoms. The topological polar surface area (TPSA) is 77.2 Å². The minimum Gasteiger partial charge on any atom is -0.438 e. The molecule has 134 valence electrons. The van der Waals surface area contributed by atoms with Crippen molar-refractivity contribution in [1.29, 1.82) is 0 Å². The largest absolute Gasteiger partial charge is 0.438 e. The molecule has 0 radical (unpaired) electrons. The van der Waals surface area contributed by atoms with Gasteiger partial charge in [-0.1, -0.05) is 29.4 Å². The molecule has 6 heteroatoms. The van der Waals surface area contributed by atoms with Crippen molar-refractivity contribution >= 4 is 5.91 Å². The van der Waals surface area contributed by atoms with Crippen LogP contribution in [0.1, 0.15) is 28.1 Å². The molecule has 0 aliphatic carbocycles. The highest BCUT2D eigenvalue weighted by Crippen LogP contribution is 2.25. The molecule has 1 N–H and O–H groups in total. The molecule has 3 rings (SSSR count). The number of nitrogens with one attached hydrogen (secondary N) is 1. The van der Waals surface area contributed by atoms with E-state index in [1.165, 1.54) is 0 Å². The molecule has 2 heterocycles. The quantitative estimate of drug-likeness (QED) is 0.733. The first-order chi connectivity index (χ1) is 12.5. The second-order valence-electron chi connectivity index (χ2n) is 6.09. The Morgan fingerprint density at radius 2 is 1.96 bits per heavy atom. The van der Waals surface area contributed by atoms with Gasteiger partial charge < -0.3 is 14.6 Å². The van der Waals surface area contributed by atoms with E-state index in [2.05, 4.69) is 15.5 Å². The van der Waals surface area contributed by atoms with Gasteiger partial charge in [0, 0.05) is 23.9 Å². The maximum absolute atomic E-state index is 12.3. The van der Waals surface area contributed by atoms with Crippen molar-refractivity contribution in [3.8, 4) is 11.6 Å². The second-order valence-corrected chi connectivity index (χ2v) is 6.09. The lowest BCUT2D eigenvalue weighted by Gasteiger charge is -2.12. The number of ether oxygens (including phenoxy) is 1. The number of rotatable bonds is 6. The van der Waals surface area contributed by atoms with Crippen LogP contribution in [0.15, 0.2) is 47.1 Å². The molecular formula is C20H21N3O3. The number of benzene rings is 1. The summed E-state index contributed by atoms with van der Waals surface area (Å²) in [5.74, 6) is 1.79. The summed E-state index contributed by atoms with van der Waals surface area (Å²) in [5, 5.41) is 6.78. The van der Waals surface area contributed by atoms with Gasteiger partial charge in [0.05, 0.1) is 12.1 Å². The van der Waals surface area contributed by atoms with Crippen LogP contribution in [0.25, 0.3) is 0 Å². The lowest BCUT2D eigenvalue weighted by Crippen LogP contribution is -2.25. The van der Waals surface area contributed by atoms with Gasteiger partial charge in [0.25, 0.3) is 0 Å². The third-order valence-electron chi connectivity index (χ3n) is 4.14. The number of para-hydroxylation sites is 1. The molecule has 26 heavy (non-hydrogen) atoms. The Morgan fingerprint density at radius 1 is 1.15 bits per heavy atom. The summed E-state index contributed by atoms with van der Waals surface area (Å²) in [4.78, 5) is 16.6. The average Bonchev–Trinajstić information content (AvgIpc) is 2.95. The minimum absolute atomic E-state index is 0.106. The summed E-state index contributed by atoms with van der Waals surface area (Å²) in [6, 6.07) is 11.4. The number of carbonyl (C=O) groups excluding carboxylic acids is 1. The number of amides is 1. The van der Waals surface area contributed by atoms with E-state index in [1.807, 2.05) is 50.2 Å². The summed E-state index contributed by atoms with van der Waals surface area (Å²) < 4.78 is 11.0. The van der Waals surface area contributed by atoms with Gasteiger partial charge in [-0.15, -0.1) is 0 Å². The van der Waals surface area contributed by atoms with Gasteiger partial charge >= 0.3 is 0 Å². The summed E-state index contributed by atoms with van der Waals surface area (Å²) in [6.45, 7) is 5.94. The fourth-order valence-corrected chi connectivity index (χ4v) is 2.60. The summed E-state index contributed by atoms with van der Waals surface area (Å²) >= 11 is 0. The predicted octanol–water partition coefficient (Wildman–Crippen LogP) is 3.65. The van der Waals surface area contributed by atoms with Crippen molar-refractivity contribution in [2.24, 2.45) is 0 Å². The van der Waals surface area contributed by atoms with E-state index >= 15 is 0 Å². The molecule has 0 saturated carbocycles. The number of pyridine rings is 1. The molecule has 0 atom stereocenters. The molecule has 6 nitrogen and oxygen atoms in total. The Balaban J connectivity index is 1.67. The second kappa shape index (κ2) is 7.82. The van der Waals surface area contributed by atoms with Crippen molar-refractivity contribution in [3.63, 3.8) is 0 Å². The molecule has 0 fully saturated rings. The average molecular weight is 351 g/mol. The Labute approximate surface area is 152 Å². The van der Waals surface area contributed by atoms with Crippen LogP contribution in [0, 0.1) is 20.8 Å². The monoisotopic (exact) mass is 351 g/mol. The highest BCUT2D eigenvalue weighted by Gasteiger charge is 2.14. The lowest BCUT2D eigenvalue weighted by atomic mass is 10.1. The number of aromatic nitrogens is 2. The van der Waals surface area contributed by atoms with Crippen molar-refractivity contribution in [2.75, 3.05) is 0 Å². The fourth-order valence-electron chi connectivity index (χ4n) is 2.60. The molecule has 1 amide bonds. The Bertz CT molecular complexity index is 899. The zero-order valence-corrected chi connectivity index (χ0v) is 15.1. The summed E-state index contributed by atoms with van der Waals surface area (Å²) in [6.07, 6.45) is 1.90. The molecule has 0 spiro atoms. The van der Waals surface area contributed by atoms with Crippen molar-refractivity contribution < 1.29 is 14.1 Å². The third-order valence-corrected chi connectivity index (χ3v) is 4.14. The normalized spacial score (nSPS) is 10.6. The van der Waals surface area contributed by atoms with Crippen molar-refractivity contribution in [2.45, 2.75) is 33.7 Å². The van der Waals surface area contributed by atoms with Crippen LogP contribution < -0.4 is 10.1 Å². The van der Waals surface area contributed by atoms with Gasteiger partial charge in [-0.05, 0) is 38.5 Å². The first-order valence-electron chi connectivity index (χ1n) is 8.40. The van der Waals surface area contributed by atoms with Crippen LogP contribution in [0.4, 0.5) is 0 Å². The van der Waals surface area contributed by atoms with Gasteiger partial charge in [-0.3, -0.25) is 4.79 Å². The zero-order valence-electron chi connectivity index (χ0n) is 15.1. The minimum atomic E-state index is -0.106. The van der Waals surface area contributed by atoms with Gasteiger partial charge in [0.1, 0.15) is 11.5 Å². The van der Waals surface area contributed by atoms with E-state index < -0.39 is 0 Å². The number of hydrogen-bond acceptors (Lipinski definition) is 5. The number of hydrogen-bond donors (Lipinski definition) is 1. The first kappa shape index (κ1) is 17.7. The van der Waals surface area contributed by atoms with Crippen molar-refractivity contribution in [3.05, 3.63) is 70.7 Å². The molecule has 3 aromatic rings. The number of carbonyl (C=O) groups is 1. The maximum Gasteiger partial charge on any atom is 0.224 e.